The predicted octanol–water partition coefficient (Wildman–Crippen LogP) is 4.39. The zero-order valence-electron chi connectivity index (χ0n) is 15.2. The van der Waals surface area contributed by atoms with Gasteiger partial charge in [-0.1, -0.05) is 12.1 Å². The molecule has 0 unspecified atom stereocenters. The second kappa shape index (κ2) is 7.27. The van der Waals surface area contributed by atoms with Gasteiger partial charge in [-0.2, -0.15) is 13.2 Å². The Kier molecular flexibility index (Phi) is 4.77. The fraction of sp³-hybridized carbons (Fsp3) is 0.238. The number of hydrogen-bond acceptors (Lipinski definition) is 3. The molecule has 0 radical (unpaired) electrons. The van der Waals surface area contributed by atoms with Crippen LogP contribution in [0, 0.1) is 0 Å². The standard InChI is InChI=1S/C21H17F3N2O3/c22-21(23,24)14-4-6-16-12(2-1-7-29-18(16)10-14)8-19(27)25-15-5-3-13-9-20(28)26-17(13)11-15/h3-6,8,10-11H,1-2,7,9H2,(H,25,27)(H,26,28)/b12-8+. The highest BCUT2D eigenvalue weighted by molar-refractivity contribution is 6.05. The molecule has 0 saturated heterocycles. The predicted molar refractivity (Wildman–Crippen MR) is 102 cm³/mol. The number of halogens is 3. The zero-order chi connectivity index (χ0) is 20.6. The Bertz CT molecular complexity index is 1030. The average Bonchev–Trinajstić information content (AvgIpc) is 2.90. The van der Waals surface area contributed by atoms with Crippen LogP contribution in [-0.2, 0) is 22.2 Å². The van der Waals surface area contributed by atoms with Crippen molar-refractivity contribution in [3.8, 4) is 5.75 Å². The van der Waals surface area contributed by atoms with E-state index in [1.54, 1.807) is 18.2 Å². The lowest BCUT2D eigenvalue weighted by Gasteiger charge is -2.13. The molecule has 2 N–H and O–H groups in total. The molecule has 4 rings (SSSR count). The molecule has 0 bridgehead atoms. The second-order valence-electron chi connectivity index (χ2n) is 6.92. The van der Waals surface area contributed by atoms with Gasteiger partial charge in [0.1, 0.15) is 5.75 Å². The summed E-state index contributed by atoms with van der Waals surface area (Å²) in [5, 5.41) is 5.45. The largest absolute Gasteiger partial charge is 0.493 e. The van der Waals surface area contributed by atoms with Crippen molar-refractivity contribution < 1.29 is 27.5 Å². The molecule has 2 aliphatic rings. The highest BCUT2D eigenvalue weighted by Gasteiger charge is 2.32. The topological polar surface area (TPSA) is 67.4 Å². The van der Waals surface area contributed by atoms with Gasteiger partial charge in [0.15, 0.2) is 0 Å². The zero-order valence-corrected chi connectivity index (χ0v) is 15.2. The minimum Gasteiger partial charge on any atom is -0.493 e. The molecule has 0 saturated carbocycles. The van der Waals surface area contributed by atoms with Crippen LogP contribution in [0.3, 0.4) is 0 Å². The van der Waals surface area contributed by atoms with Gasteiger partial charge >= 0.3 is 6.18 Å². The summed E-state index contributed by atoms with van der Waals surface area (Å²) in [4.78, 5) is 23.9. The van der Waals surface area contributed by atoms with Crippen LogP contribution in [0.25, 0.3) is 5.57 Å². The van der Waals surface area contributed by atoms with Crippen molar-refractivity contribution in [1.29, 1.82) is 0 Å². The van der Waals surface area contributed by atoms with Crippen molar-refractivity contribution >= 4 is 28.8 Å². The lowest BCUT2D eigenvalue weighted by atomic mass is 9.99. The number of carbonyl (C=O) groups excluding carboxylic acids is 2. The van der Waals surface area contributed by atoms with E-state index in [1.807, 2.05) is 0 Å². The molecule has 2 heterocycles. The molecule has 0 fully saturated rings. The van der Waals surface area contributed by atoms with Crippen LogP contribution >= 0.6 is 0 Å². The molecule has 8 heteroatoms. The molecular formula is C21H17F3N2O3. The van der Waals surface area contributed by atoms with Gasteiger partial charge in [0.25, 0.3) is 0 Å². The van der Waals surface area contributed by atoms with Crippen LogP contribution in [0.1, 0.15) is 29.5 Å². The number of carbonyl (C=O) groups is 2. The summed E-state index contributed by atoms with van der Waals surface area (Å²) in [6.45, 7) is 0.276. The van der Waals surface area contributed by atoms with Gasteiger partial charge < -0.3 is 15.4 Å². The van der Waals surface area contributed by atoms with E-state index in [-0.39, 0.29) is 18.3 Å². The third kappa shape index (κ3) is 4.11. The van der Waals surface area contributed by atoms with Gasteiger partial charge in [-0.3, -0.25) is 9.59 Å². The van der Waals surface area contributed by atoms with Crippen LogP contribution in [0.15, 0.2) is 42.5 Å². The number of alkyl halides is 3. The number of rotatable bonds is 2. The van der Waals surface area contributed by atoms with E-state index in [2.05, 4.69) is 10.6 Å². The first-order chi connectivity index (χ1) is 13.8. The molecule has 0 atom stereocenters. The number of hydrogen-bond donors (Lipinski definition) is 2. The second-order valence-corrected chi connectivity index (χ2v) is 6.92. The van der Waals surface area contributed by atoms with Crippen molar-refractivity contribution in [3.63, 3.8) is 0 Å². The van der Waals surface area contributed by atoms with Crippen molar-refractivity contribution in [2.75, 3.05) is 17.2 Å². The first-order valence-corrected chi connectivity index (χ1v) is 9.08. The number of ether oxygens (including phenoxy) is 1. The Hall–Kier alpha value is -3.29. The summed E-state index contributed by atoms with van der Waals surface area (Å²) < 4.78 is 44.4. The van der Waals surface area contributed by atoms with Crippen LogP contribution in [0.4, 0.5) is 24.5 Å². The van der Waals surface area contributed by atoms with E-state index in [1.165, 1.54) is 12.1 Å². The highest BCUT2D eigenvalue weighted by atomic mass is 19.4. The summed E-state index contributed by atoms with van der Waals surface area (Å²) in [5.41, 5.74) is 2.34. The summed E-state index contributed by atoms with van der Waals surface area (Å²) in [6, 6.07) is 8.45. The number of allylic oxidation sites excluding steroid dienone is 1. The normalized spacial score (nSPS) is 17.1. The third-order valence-corrected chi connectivity index (χ3v) is 4.81. The van der Waals surface area contributed by atoms with Crippen LogP contribution in [0.5, 0.6) is 5.75 Å². The first kappa shape index (κ1) is 19.0. The minimum atomic E-state index is -4.46. The maximum Gasteiger partial charge on any atom is 0.416 e. The van der Waals surface area contributed by atoms with Gasteiger partial charge in [-0.25, -0.2) is 0 Å². The Labute approximate surface area is 164 Å². The Morgan fingerprint density at radius 2 is 2.00 bits per heavy atom. The molecule has 150 valence electrons. The summed E-state index contributed by atoms with van der Waals surface area (Å²) in [7, 11) is 0. The fourth-order valence-corrected chi connectivity index (χ4v) is 3.44. The molecule has 2 amide bonds. The van der Waals surface area contributed by atoms with Gasteiger partial charge in [-0.15, -0.1) is 0 Å². The van der Waals surface area contributed by atoms with Crippen LogP contribution in [0.2, 0.25) is 0 Å². The van der Waals surface area contributed by atoms with Crippen molar-refractivity contribution in [2.45, 2.75) is 25.4 Å². The fourth-order valence-electron chi connectivity index (χ4n) is 3.44. The SMILES string of the molecule is O=C(/C=C1\CCCOc2cc(C(F)(F)F)ccc21)Nc1ccc2c(c1)NC(=O)C2. The molecule has 2 aromatic carbocycles. The number of amides is 2. The summed E-state index contributed by atoms with van der Waals surface area (Å²) in [6.07, 6.45) is -1.68. The summed E-state index contributed by atoms with van der Waals surface area (Å²) in [5.74, 6) is -0.382. The summed E-state index contributed by atoms with van der Waals surface area (Å²) >= 11 is 0. The van der Waals surface area contributed by atoms with Crippen LogP contribution in [-0.4, -0.2) is 18.4 Å². The van der Waals surface area contributed by atoms with Crippen molar-refractivity contribution in [1.82, 2.24) is 0 Å². The van der Waals surface area contributed by atoms with Gasteiger partial charge in [0.05, 0.1) is 18.6 Å². The minimum absolute atomic E-state index is 0.0983. The molecular weight excluding hydrogens is 385 g/mol. The molecule has 5 nitrogen and oxygen atoms in total. The first-order valence-electron chi connectivity index (χ1n) is 9.08. The van der Waals surface area contributed by atoms with E-state index in [0.717, 1.165) is 17.7 Å². The third-order valence-electron chi connectivity index (χ3n) is 4.81. The Morgan fingerprint density at radius 1 is 1.17 bits per heavy atom. The number of nitrogens with one attached hydrogen (secondary N) is 2. The van der Waals surface area contributed by atoms with E-state index >= 15 is 0 Å². The van der Waals surface area contributed by atoms with E-state index < -0.39 is 17.6 Å². The smallest absolute Gasteiger partial charge is 0.416 e. The highest BCUT2D eigenvalue weighted by Crippen LogP contribution is 2.38. The Balaban J connectivity index is 1.57. The maximum atomic E-state index is 13.0. The van der Waals surface area contributed by atoms with Gasteiger partial charge in [0.2, 0.25) is 11.8 Å². The molecule has 0 aliphatic carbocycles. The van der Waals surface area contributed by atoms with Crippen molar-refractivity contribution in [2.24, 2.45) is 0 Å². The molecule has 29 heavy (non-hydrogen) atoms. The number of fused-ring (bicyclic) bond motifs is 2. The molecule has 0 spiro atoms. The Morgan fingerprint density at radius 3 is 2.79 bits per heavy atom. The van der Waals surface area contributed by atoms with Crippen LogP contribution < -0.4 is 15.4 Å². The quantitative estimate of drug-likeness (QED) is 0.732. The van der Waals surface area contributed by atoms with E-state index in [0.29, 0.717) is 41.8 Å². The van der Waals surface area contributed by atoms with E-state index in [4.69, 9.17) is 4.74 Å². The average molecular weight is 402 g/mol. The van der Waals surface area contributed by atoms with Gasteiger partial charge in [0, 0.05) is 23.0 Å². The maximum absolute atomic E-state index is 13.0. The lowest BCUT2D eigenvalue weighted by molar-refractivity contribution is -0.137. The van der Waals surface area contributed by atoms with Crippen molar-refractivity contribution in [3.05, 3.63) is 59.2 Å². The lowest BCUT2D eigenvalue weighted by Crippen LogP contribution is -2.09. The molecule has 2 aliphatic heterocycles. The molecule has 0 aromatic heterocycles. The number of anilines is 2. The molecule has 2 aromatic rings. The van der Waals surface area contributed by atoms with Gasteiger partial charge in [-0.05, 0) is 48.2 Å². The number of benzene rings is 2. The monoisotopic (exact) mass is 402 g/mol. The van der Waals surface area contributed by atoms with E-state index in [9.17, 15) is 22.8 Å².